The number of aliphatic hydroxyl groups excluding tert-OH is 2. The lowest BCUT2D eigenvalue weighted by Gasteiger charge is -2.13. The lowest BCUT2D eigenvalue weighted by atomic mass is 10.2. The summed E-state index contributed by atoms with van der Waals surface area (Å²) in [6.45, 7) is 8.92. The van der Waals surface area contributed by atoms with E-state index in [1.165, 1.54) is 0 Å². The van der Waals surface area contributed by atoms with E-state index in [2.05, 4.69) is 10.6 Å². The lowest BCUT2D eigenvalue weighted by molar-refractivity contribution is 0.404. The van der Waals surface area contributed by atoms with Crippen LogP contribution in [-0.4, -0.2) is 35.4 Å². The van der Waals surface area contributed by atoms with E-state index in [0.717, 1.165) is 13.1 Å². The van der Waals surface area contributed by atoms with Crippen LogP contribution in [0.1, 0.15) is 27.7 Å². The highest BCUT2D eigenvalue weighted by Crippen LogP contribution is 1.91. The summed E-state index contributed by atoms with van der Waals surface area (Å²) in [4.78, 5) is 0. The van der Waals surface area contributed by atoms with E-state index in [4.69, 9.17) is 10.2 Å². The molecule has 0 aliphatic carbocycles. The van der Waals surface area contributed by atoms with Gasteiger partial charge in [0.2, 0.25) is 0 Å². The van der Waals surface area contributed by atoms with Gasteiger partial charge in [-0.25, -0.2) is 0 Å². The standard InChI is InChI=1S/C12H24N2O2/c1-9(7-11(3)15)13-5-6-14-10(2)8-12(4)16/h7-10,13-16H,5-6H2,1-4H3/b11-7-,12-8-. The molecule has 0 aromatic heterocycles. The molecule has 4 N–H and O–H groups in total. The largest absolute Gasteiger partial charge is 0.513 e. The lowest BCUT2D eigenvalue weighted by Crippen LogP contribution is -2.35. The number of allylic oxidation sites excluding steroid dienone is 2. The molecule has 2 atom stereocenters. The molecule has 0 radical (unpaired) electrons. The van der Waals surface area contributed by atoms with E-state index in [1.54, 1.807) is 26.0 Å². The van der Waals surface area contributed by atoms with Crippen molar-refractivity contribution in [3.05, 3.63) is 23.7 Å². The van der Waals surface area contributed by atoms with E-state index in [9.17, 15) is 0 Å². The maximum absolute atomic E-state index is 9.04. The van der Waals surface area contributed by atoms with Crippen LogP contribution in [0.25, 0.3) is 0 Å². The van der Waals surface area contributed by atoms with Crippen molar-refractivity contribution in [2.45, 2.75) is 39.8 Å². The van der Waals surface area contributed by atoms with Gasteiger partial charge in [-0.05, 0) is 39.8 Å². The highest BCUT2D eigenvalue weighted by atomic mass is 16.3. The van der Waals surface area contributed by atoms with E-state index < -0.39 is 0 Å². The van der Waals surface area contributed by atoms with Crippen molar-refractivity contribution in [2.75, 3.05) is 13.1 Å². The average Bonchev–Trinajstić information content (AvgIpc) is 2.10. The Kier molecular flexibility index (Phi) is 7.68. The fourth-order valence-corrected chi connectivity index (χ4v) is 1.44. The van der Waals surface area contributed by atoms with Gasteiger partial charge >= 0.3 is 0 Å². The summed E-state index contributed by atoms with van der Waals surface area (Å²) in [5.41, 5.74) is 0. The average molecular weight is 228 g/mol. The first-order valence-electron chi connectivity index (χ1n) is 5.63. The molecule has 0 aromatic rings. The molecule has 0 amide bonds. The Morgan fingerprint density at radius 3 is 1.50 bits per heavy atom. The Balaban J connectivity index is 3.61. The van der Waals surface area contributed by atoms with Crippen LogP contribution in [0.3, 0.4) is 0 Å². The van der Waals surface area contributed by atoms with Gasteiger partial charge in [0.1, 0.15) is 0 Å². The van der Waals surface area contributed by atoms with Crippen molar-refractivity contribution in [3.63, 3.8) is 0 Å². The maximum Gasteiger partial charge on any atom is 0.0867 e. The third kappa shape index (κ3) is 9.55. The summed E-state index contributed by atoms with van der Waals surface area (Å²) in [6.07, 6.45) is 3.53. The molecule has 0 bridgehead atoms. The molecule has 4 heteroatoms. The van der Waals surface area contributed by atoms with Crippen LogP contribution in [-0.2, 0) is 0 Å². The van der Waals surface area contributed by atoms with E-state index in [1.807, 2.05) is 13.8 Å². The van der Waals surface area contributed by atoms with Crippen molar-refractivity contribution in [3.8, 4) is 0 Å². The predicted octanol–water partition coefficient (Wildman–Crippen LogP) is 1.87. The van der Waals surface area contributed by atoms with E-state index in [0.29, 0.717) is 11.5 Å². The van der Waals surface area contributed by atoms with Gasteiger partial charge < -0.3 is 20.8 Å². The second kappa shape index (κ2) is 8.19. The first kappa shape index (κ1) is 15.0. The van der Waals surface area contributed by atoms with Gasteiger partial charge in [0.25, 0.3) is 0 Å². The molecule has 0 spiro atoms. The Hall–Kier alpha value is -1.00. The smallest absolute Gasteiger partial charge is 0.0867 e. The second-order valence-corrected chi connectivity index (χ2v) is 4.10. The number of rotatable bonds is 7. The number of hydrogen-bond donors (Lipinski definition) is 4. The zero-order chi connectivity index (χ0) is 12.6. The highest BCUT2D eigenvalue weighted by Gasteiger charge is 1.99. The fourth-order valence-electron chi connectivity index (χ4n) is 1.44. The highest BCUT2D eigenvalue weighted by molar-refractivity contribution is 4.95. The molecule has 0 saturated carbocycles. The van der Waals surface area contributed by atoms with Gasteiger partial charge in [0.05, 0.1) is 11.5 Å². The number of nitrogens with one attached hydrogen (secondary N) is 2. The Morgan fingerprint density at radius 1 is 0.938 bits per heavy atom. The normalized spacial score (nSPS) is 17.2. The minimum atomic E-state index is 0.164. The van der Waals surface area contributed by atoms with E-state index in [-0.39, 0.29) is 12.1 Å². The summed E-state index contributed by atoms with van der Waals surface area (Å²) in [7, 11) is 0. The van der Waals surface area contributed by atoms with Crippen molar-refractivity contribution in [1.82, 2.24) is 10.6 Å². The van der Waals surface area contributed by atoms with Crippen molar-refractivity contribution in [1.29, 1.82) is 0 Å². The first-order chi connectivity index (χ1) is 7.41. The second-order valence-electron chi connectivity index (χ2n) is 4.10. The van der Waals surface area contributed by atoms with E-state index >= 15 is 0 Å². The molecule has 0 rings (SSSR count). The van der Waals surface area contributed by atoms with Crippen LogP contribution >= 0.6 is 0 Å². The van der Waals surface area contributed by atoms with Gasteiger partial charge in [-0.15, -0.1) is 0 Å². The minimum absolute atomic E-state index is 0.164. The van der Waals surface area contributed by atoms with Crippen LogP contribution in [0, 0.1) is 0 Å². The Morgan fingerprint density at radius 2 is 1.25 bits per heavy atom. The van der Waals surface area contributed by atoms with Crippen molar-refractivity contribution >= 4 is 0 Å². The van der Waals surface area contributed by atoms with Crippen molar-refractivity contribution < 1.29 is 10.2 Å². The molecular weight excluding hydrogens is 204 g/mol. The minimum Gasteiger partial charge on any atom is -0.513 e. The quantitative estimate of drug-likeness (QED) is 0.397. The molecule has 2 unspecified atom stereocenters. The summed E-state index contributed by atoms with van der Waals surface area (Å²) in [5.74, 6) is 0.667. The van der Waals surface area contributed by atoms with Crippen molar-refractivity contribution in [2.24, 2.45) is 0 Å². The van der Waals surface area contributed by atoms with Gasteiger partial charge in [-0.3, -0.25) is 0 Å². The number of aliphatic hydroxyl groups is 2. The zero-order valence-electron chi connectivity index (χ0n) is 10.6. The molecule has 0 heterocycles. The summed E-state index contributed by atoms with van der Waals surface area (Å²) < 4.78 is 0. The van der Waals surface area contributed by atoms with Crippen LogP contribution < -0.4 is 10.6 Å². The first-order valence-corrected chi connectivity index (χ1v) is 5.63. The molecule has 4 nitrogen and oxygen atoms in total. The Labute approximate surface area is 98.1 Å². The van der Waals surface area contributed by atoms with Crippen LogP contribution in [0.5, 0.6) is 0 Å². The molecule has 0 aromatic carbocycles. The van der Waals surface area contributed by atoms with Crippen LogP contribution in [0.2, 0.25) is 0 Å². The third-order valence-electron chi connectivity index (χ3n) is 2.04. The predicted molar refractivity (Wildman–Crippen MR) is 67.7 cm³/mol. The van der Waals surface area contributed by atoms with Gasteiger partial charge in [0.15, 0.2) is 0 Å². The zero-order valence-corrected chi connectivity index (χ0v) is 10.6. The van der Waals surface area contributed by atoms with Gasteiger partial charge in [-0.2, -0.15) is 0 Å². The monoisotopic (exact) mass is 228 g/mol. The molecule has 0 saturated heterocycles. The SMILES string of the molecule is C/C(O)=C/C(C)NCCNC(C)/C=C(/C)O. The fraction of sp³-hybridized carbons (Fsp3) is 0.667. The molecule has 16 heavy (non-hydrogen) atoms. The summed E-state index contributed by atoms with van der Waals surface area (Å²) >= 11 is 0. The van der Waals surface area contributed by atoms with Gasteiger partial charge in [0, 0.05) is 25.2 Å². The Bertz CT molecular complexity index is 215. The topological polar surface area (TPSA) is 64.5 Å². The molecule has 0 fully saturated rings. The summed E-state index contributed by atoms with van der Waals surface area (Å²) in [5, 5.41) is 24.6. The molecule has 0 aliphatic rings. The maximum atomic E-state index is 9.04. The van der Waals surface area contributed by atoms with Crippen LogP contribution in [0.4, 0.5) is 0 Å². The molecule has 94 valence electrons. The third-order valence-corrected chi connectivity index (χ3v) is 2.04. The number of hydrogen-bond acceptors (Lipinski definition) is 4. The van der Waals surface area contributed by atoms with Crippen LogP contribution in [0.15, 0.2) is 23.7 Å². The molecule has 0 aliphatic heterocycles. The van der Waals surface area contributed by atoms with Gasteiger partial charge in [-0.1, -0.05) is 0 Å². The molecular formula is C12H24N2O2. The summed E-state index contributed by atoms with van der Waals surface area (Å²) in [6, 6.07) is 0.328.